The number of Topliss-reactive ketones (excluding diaryl/α,β-unsaturated/α-hetero) is 1. The molecule has 0 saturated heterocycles. The summed E-state index contributed by atoms with van der Waals surface area (Å²) in [6, 6.07) is 0. The van der Waals surface area contributed by atoms with E-state index in [1.165, 1.54) is 0 Å². The number of halogens is 1. The fraction of sp³-hybridized carbons (Fsp3) is 0.900. The Morgan fingerprint density at radius 1 is 1.47 bits per heavy atom. The largest absolute Gasteiger partial charge is 0.344 e. The fourth-order valence-electron chi connectivity index (χ4n) is 3.46. The van der Waals surface area contributed by atoms with Gasteiger partial charge in [-0.3, -0.25) is 9.35 Å². The number of hydrogen-bond donors (Lipinski definition) is 2. The van der Waals surface area contributed by atoms with Crippen LogP contribution >= 0.6 is 15.9 Å². The Balaban J connectivity index is 0.00000144. The van der Waals surface area contributed by atoms with Crippen LogP contribution in [0.25, 0.3) is 0 Å². The van der Waals surface area contributed by atoms with Gasteiger partial charge in [-0.05, 0) is 18.8 Å². The number of hydrogen-bond acceptors (Lipinski definition) is 4. The van der Waals surface area contributed by atoms with Gasteiger partial charge in [0.25, 0.3) is 10.1 Å². The van der Waals surface area contributed by atoms with Gasteiger partial charge < -0.3 is 6.15 Å². The topological polar surface area (TPSA) is 106 Å². The molecule has 0 amide bonds. The Hall–Kier alpha value is 0.0200. The standard InChI is InChI=1S/C10H15BrO4S.H3N/c1-9-4-3-6(7(11)8(9)12)10(9,2)5-16(13,14)15;/h6-7H,3-5H2,1-2H3,(H,13,14,15);1H3/t6?,7?,9-,10?;/m1./s1. The average molecular weight is 328 g/mol. The molecule has 0 aromatic carbocycles. The van der Waals surface area contributed by atoms with Gasteiger partial charge in [-0.1, -0.05) is 29.8 Å². The quantitative estimate of drug-likeness (QED) is 0.594. The molecule has 2 bridgehead atoms. The normalized spacial score (nSPS) is 44.8. The first-order valence-electron chi connectivity index (χ1n) is 5.25. The molecule has 100 valence electrons. The van der Waals surface area contributed by atoms with E-state index in [4.69, 9.17) is 4.55 Å². The van der Waals surface area contributed by atoms with Gasteiger partial charge in [0.2, 0.25) is 0 Å². The highest BCUT2D eigenvalue weighted by Gasteiger charge is 2.68. The lowest BCUT2D eigenvalue weighted by Crippen LogP contribution is -2.40. The van der Waals surface area contributed by atoms with Crippen molar-refractivity contribution in [3.05, 3.63) is 0 Å². The van der Waals surface area contributed by atoms with Crippen LogP contribution in [0.5, 0.6) is 0 Å². The lowest BCUT2D eigenvalue weighted by Gasteiger charge is -2.35. The summed E-state index contributed by atoms with van der Waals surface area (Å²) in [5.41, 5.74) is -1.27. The van der Waals surface area contributed by atoms with Crippen molar-refractivity contribution >= 4 is 31.8 Å². The summed E-state index contributed by atoms with van der Waals surface area (Å²) in [6.45, 7) is 3.62. The molecule has 0 aromatic heterocycles. The fourth-order valence-corrected chi connectivity index (χ4v) is 6.11. The summed E-state index contributed by atoms with van der Waals surface area (Å²) >= 11 is 3.35. The molecule has 0 spiro atoms. The number of rotatable bonds is 2. The second-order valence-corrected chi connectivity index (χ2v) is 7.83. The number of fused-ring (bicyclic) bond motifs is 2. The zero-order valence-corrected chi connectivity index (χ0v) is 12.3. The summed E-state index contributed by atoms with van der Waals surface area (Å²) in [7, 11) is -4.05. The molecule has 2 rings (SSSR count). The second-order valence-electron chi connectivity index (χ2n) is 5.39. The highest BCUT2D eigenvalue weighted by Crippen LogP contribution is 2.65. The van der Waals surface area contributed by atoms with Crippen molar-refractivity contribution in [2.45, 2.75) is 31.5 Å². The third-order valence-corrected chi connectivity index (χ3v) is 6.68. The maximum absolute atomic E-state index is 12.1. The van der Waals surface area contributed by atoms with E-state index in [0.29, 0.717) is 6.42 Å². The Morgan fingerprint density at radius 2 is 2.00 bits per heavy atom. The second kappa shape index (κ2) is 4.01. The Morgan fingerprint density at radius 3 is 2.35 bits per heavy atom. The number of ketones is 1. The van der Waals surface area contributed by atoms with Crippen molar-refractivity contribution < 1.29 is 17.8 Å². The van der Waals surface area contributed by atoms with Gasteiger partial charge in [0.1, 0.15) is 0 Å². The van der Waals surface area contributed by atoms with E-state index in [9.17, 15) is 13.2 Å². The van der Waals surface area contributed by atoms with Crippen LogP contribution in [-0.4, -0.2) is 29.3 Å². The molecular formula is C10H18BrNO4S. The molecule has 4 N–H and O–H groups in total. The highest BCUT2D eigenvalue weighted by atomic mass is 79.9. The van der Waals surface area contributed by atoms with Crippen molar-refractivity contribution in [1.82, 2.24) is 6.15 Å². The number of alkyl halides is 1. The van der Waals surface area contributed by atoms with Crippen LogP contribution in [0.4, 0.5) is 0 Å². The van der Waals surface area contributed by atoms with Gasteiger partial charge in [-0.15, -0.1) is 0 Å². The first-order chi connectivity index (χ1) is 7.12. The Labute approximate surface area is 110 Å². The lowest BCUT2D eigenvalue weighted by molar-refractivity contribution is -0.127. The highest BCUT2D eigenvalue weighted by molar-refractivity contribution is 9.10. The van der Waals surface area contributed by atoms with Crippen LogP contribution in [0.2, 0.25) is 0 Å². The van der Waals surface area contributed by atoms with Crippen molar-refractivity contribution in [3.63, 3.8) is 0 Å². The molecule has 0 radical (unpaired) electrons. The van der Waals surface area contributed by atoms with Crippen molar-refractivity contribution in [3.8, 4) is 0 Å². The average Bonchev–Trinajstić information content (AvgIpc) is 2.40. The van der Waals surface area contributed by atoms with Gasteiger partial charge in [0, 0.05) is 10.8 Å². The summed E-state index contributed by atoms with van der Waals surface area (Å²) in [5.74, 6) is -0.239. The maximum atomic E-state index is 12.1. The monoisotopic (exact) mass is 327 g/mol. The molecule has 2 aliphatic rings. The van der Waals surface area contributed by atoms with Crippen molar-refractivity contribution in [1.29, 1.82) is 0 Å². The summed E-state index contributed by atoms with van der Waals surface area (Å²) in [5, 5.41) is 0. The molecule has 2 fully saturated rings. The van der Waals surface area contributed by atoms with Gasteiger partial charge in [0.15, 0.2) is 5.78 Å². The molecule has 0 heterocycles. The van der Waals surface area contributed by atoms with Gasteiger partial charge in [-0.25, -0.2) is 0 Å². The third-order valence-electron chi connectivity index (χ3n) is 4.66. The molecule has 2 saturated carbocycles. The molecule has 17 heavy (non-hydrogen) atoms. The zero-order valence-electron chi connectivity index (χ0n) is 9.94. The molecule has 4 atom stereocenters. The van der Waals surface area contributed by atoms with E-state index in [-0.39, 0.29) is 28.4 Å². The van der Waals surface area contributed by atoms with E-state index in [0.717, 1.165) is 6.42 Å². The lowest BCUT2D eigenvalue weighted by atomic mass is 9.70. The van der Waals surface area contributed by atoms with E-state index < -0.39 is 20.9 Å². The van der Waals surface area contributed by atoms with E-state index >= 15 is 0 Å². The molecule has 2 aliphatic carbocycles. The van der Waals surface area contributed by atoms with E-state index in [1.807, 2.05) is 6.92 Å². The van der Waals surface area contributed by atoms with E-state index in [1.54, 1.807) is 6.92 Å². The minimum Gasteiger partial charge on any atom is -0.344 e. The van der Waals surface area contributed by atoms with Crippen LogP contribution in [0, 0.1) is 16.7 Å². The summed E-state index contributed by atoms with van der Waals surface area (Å²) in [4.78, 5) is 11.8. The minimum atomic E-state index is -4.05. The molecule has 0 aromatic rings. The van der Waals surface area contributed by atoms with E-state index in [2.05, 4.69) is 15.9 Å². The van der Waals surface area contributed by atoms with Gasteiger partial charge >= 0.3 is 0 Å². The van der Waals surface area contributed by atoms with Gasteiger partial charge in [-0.2, -0.15) is 8.42 Å². The number of carbonyl (C=O) groups is 1. The molecule has 5 nitrogen and oxygen atoms in total. The summed E-state index contributed by atoms with van der Waals surface area (Å²) < 4.78 is 31.2. The van der Waals surface area contributed by atoms with Crippen molar-refractivity contribution in [2.24, 2.45) is 16.7 Å². The molecule has 7 heteroatoms. The first-order valence-corrected chi connectivity index (χ1v) is 7.78. The predicted molar refractivity (Wildman–Crippen MR) is 68.1 cm³/mol. The first kappa shape index (κ1) is 15.1. The van der Waals surface area contributed by atoms with Crippen LogP contribution < -0.4 is 6.15 Å². The Bertz CT molecular complexity index is 451. The van der Waals surface area contributed by atoms with Crippen LogP contribution in [0.3, 0.4) is 0 Å². The zero-order chi connectivity index (χ0) is 12.4. The van der Waals surface area contributed by atoms with Crippen LogP contribution in [0.1, 0.15) is 26.7 Å². The minimum absolute atomic E-state index is 0. The summed E-state index contributed by atoms with van der Waals surface area (Å²) in [6.07, 6.45) is 1.55. The van der Waals surface area contributed by atoms with Crippen LogP contribution in [-0.2, 0) is 14.9 Å². The van der Waals surface area contributed by atoms with Crippen molar-refractivity contribution in [2.75, 3.05) is 5.75 Å². The molecule has 0 aliphatic heterocycles. The smallest absolute Gasteiger partial charge is 0.265 e. The third kappa shape index (κ3) is 1.87. The number of carbonyl (C=O) groups excluding carboxylic acids is 1. The SMILES string of the molecule is CC1(CS(=O)(=O)O)C2CC[C@]1(C)C(=O)C2Br.N. The molecular weight excluding hydrogens is 310 g/mol. The Kier molecular flexibility index (Phi) is 3.56. The van der Waals surface area contributed by atoms with Crippen LogP contribution in [0.15, 0.2) is 0 Å². The van der Waals surface area contributed by atoms with Gasteiger partial charge in [0.05, 0.1) is 10.6 Å². The maximum Gasteiger partial charge on any atom is 0.265 e. The predicted octanol–water partition coefficient (Wildman–Crippen LogP) is 1.80. The molecule has 3 unspecified atom stereocenters.